The molecule has 22 heavy (non-hydrogen) atoms. The molecule has 0 aliphatic heterocycles. The summed E-state index contributed by atoms with van der Waals surface area (Å²) in [6.07, 6.45) is 1.08. The molecular formula is C22H16. The highest BCUT2D eigenvalue weighted by Crippen LogP contribution is 2.46. The molecular weight excluding hydrogens is 264 g/mol. The molecule has 0 saturated heterocycles. The second-order valence-corrected chi connectivity index (χ2v) is 6.20. The normalized spacial score (nSPS) is 13.5. The topological polar surface area (TPSA) is 0 Å². The highest BCUT2D eigenvalue weighted by Gasteiger charge is 2.26. The summed E-state index contributed by atoms with van der Waals surface area (Å²) in [5.41, 5.74) is 4.40. The molecule has 1 aliphatic carbocycles. The monoisotopic (exact) mass is 280 g/mol. The van der Waals surface area contributed by atoms with E-state index in [4.69, 9.17) is 0 Å². The van der Waals surface area contributed by atoms with E-state index in [1.54, 1.807) is 0 Å². The Balaban J connectivity index is 1.79. The largest absolute Gasteiger partial charge is 0.0622 e. The first-order chi connectivity index (χ1) is 10.9. The van der Waals surface area contributed by atoms with Crippen molar-refractivity contribution in [2.45, 2.75) is 12.3 Å². The fraction of sp³-hybridized carbons (Fsp3) is 0.0909. The Morgan fingerprint density at radius 2 is 1.14 bits per heavy atom. The van der Waals surface area contributed by atoms with Crippen LogP contribution in [0.3, 0.4) is 0 Å². The van der Waals surface area contributed by atoms with Crippen LogP contribution in [0, 0.1) is 0 Å². The molecule has 0 fully saturated rings. The van der Waals surface area contributed by atoms with Crippen LogP contribution in [0.25, 0.3) is 21.5 Å². The molecule has 0 aromatic heterocycles. The van der Waals surface area contributed by atoms with Crippen molar-refractivity contribution in [2.75, 3.05) is 0 Å². The van der Waals surface area contributed by atoms with Crippen molar-refractivity contribution < 1.29 is 0 Å². The summed E-state index contributed by atoms with van der Waals surface area (Å²) in [4.78, 5) is 0. The lowest BCUT2D eigenvalue weighted by Gasteiger charge is -2.14. The van der Waals surface area contributed by atoms with Crippen LogP contribution < -0.4 is 0 Å². The van der Waals surface area contributed by atoms with Gasteiger partial charge in [-0.3, -0.25) is 0 Å². The molecule has 4 aromatic rings. The summed E-state index contributed by atoms with van der Waals surface area (Å²) in [7, 11) is 0. The summed E-state index contributed by atoms with van der Waals surface area (Å²) in [6.45, 7) is 0. The second kappa shape index (κ2) is 4.45. The van der Waals surface area contributed by atoms with Crippen molar-refractivity contribution in [2.24, 2.45) is 0 Å². The molecule has 0 bridgehead atoms. The Hall–Kier alpha value is -2.60. The zero-order valence-corrected chi connectivity index (χ0v) is 12.3. The standard InChI is InChI=1S/C22H16/c1-2-6-15(7-3-1)14-20-18-10-4-8-16-12-13-17-9-5-11-19(20)22(17)21(16)18/h1-13,20H,14H2. The van der Waals surface area contributed by atoms with E-state index in [2.05, 4.69) is 78.9 Å². The van der Waals surface area contributed by atoms with Crippen LogP contribution in [0.5, 0.6) is 0 Å². The van der Waals surface area contributed by atoms with Crippen LogP contribution in [0.15, 0.2) is 78.9 Å². The maximum absolute atomic E-state index is 2.31. The van der Waals surface area contributed by atoms with Crippen LogP contribution in [-0.2, 0) is 6.42 Å². The Labute approximate surface area is 130 Å². The van der Waals surface area contributed by atoms with E-state index in [0.717, 1.165) is 6.42 Å². The van der Waals surface area contributed by atoms with Gasteiger partial charge in [-0.05, 0) is 44.7 Å². The zero-order valence-electron chi connectivity index (χ0n) is 12.3. The lowest BCUT2D eigenvalue weighted by atomic mass is 9.89. The van der Waals surface area contributed by atoms with Crippen molar-refractivity contribution in [3.63, 3.8) is 0 Å². The van der Waals surface area contributed by atoms with Crippen molar-refractivity contribution in [3.8, 4) is 0 Å². The summed E-state index contributed by atoms with van der Waals surface area (Å²) in [5, 5.41) is 5.68. The number of benzene rings is 4. The highest BCUT2D eigenvalue weighted by molar-refractivity contribution is 6.14. The van der Waals surface area contributed by atoms with Gasteiger partial charge in [-0.1, -0.05) is 78.9 Å². The van der Waals surface area contributed by atoms with E-state index in [1.165, 1.54) is 38.2 Å². The summed E-state index contributed by atoms with van der Waals surface area (Å²) < 4.78 is 0. The van der Waals surface area contributed by atoms with Gasteiger partial charge in [-0.15, -0.1) is 0 Å². The Morgan fingerprint density at radius 1 is 0.545 bits per heavy atom. The minimum Gasteiger partial charge on any atom is -0.0622 e. The van der Waals surface area contributed by atoms with Crippen molar-refractivity contribution >= 4 is 21.5 Å². The maximum atomic E-state index is 2.31. The number of rotatable bonds is 2. The van der Waals surface area contributed by atoms with Crippen LogP contribution >= 0.6 is 0 Å². The van der Waals surface area contributed by atoms with Gasteiger partial charge in [0, 0.05) is 5.92 Å². The summed E-state index contributed by atoms with van der Waals surface area (Å²) >= 11 is 0. The molecule has 0 atom stereocenters. The molecule has 4 aromatic carbocycles. The molecule has 0 N–H and O–H groups in total. The molecule has 0 heterocycles. The van der Waals surface area contributed by atoms with Gasteiger partial charge in [0.05, 0.1) is 0 Å². The highest BCUT2D eigenvalue weighted by atomic mass is 14.3. The summed E-state index contributed by atoms with van der Waals surface area (Å²) in [6, 6.07) is 28.9. The van der Waals surface area contributed by atoms with Gasteiger partial charge in [-0.2, -0.15) is 0 Å². The molecule has 0 spiro atoms. The lowest BCUT2D eigenvalue weighted by Crippen LogP contribution is -2.01. The predicted molar refractivity (Wildman–Crippen MR) is 93.4 cm³/mol. The Kier molecular flexibility index (Phi) is 2.42. The molecule has 0 heteroatoms. The molecule has 104 valence electrons. The van der Waals surface area contributed by atoms with E-state index < -0.39 is 0 Å². The SMILES string of the molecule is c1ccc(CC2c3cccc4ccc5cccc2c5c34)cc1. The molecule has 1 aliphatic rings. The fourth-order valence-electron chi connectivity index (χ4n) is 4.03. The van der Waals surface area contributed by atoms with Gasteiger partial charge in [0.1, 0.15) is 0 Å². The second-order valence-electron chi connectivity index (χ2n) is 6.20. The fourth-order valence-corrected chi connectivity index (χ4v) is 4.03. The average Bonchev–Trinajstić information content (AvgIpc) is 2.90. The smallest absolute Gasteiger partial charge is 0.0142 e. The Bertz CT molecular complexity index is 934. The van der Waals surface area contributed by atoms with E-state index in [9.17, 15) is 0 Å². The predicted octanol–water partition coefficient (Wildman–Crippen LogP) is 5.68. The third-order valence-electron chi connectivity index (χ3n) is 4.98. The van der Waals surface area contributed by atoms with Gasteiger partial charge >= 0.3 is 0 Å². The van der Waals surface area contributed by atoms with E-state index >= 15 is 0 Å². The van der Waals surface area contributed by atoms with Gasteiger partial charge in [0.15, 0.2) is 0 Å². The molecule has 0 unspecified atom stereocenters. The van der Waals surface area contributed by atoms with Crippen LogP contribution in [0.2, 0.25) is 0 Å². The van der Waals surface area contributed by atoms with Gasteiger partial charge in [0.25, 0.3) is 0 Å². The first-order valence-corrected chi connectivity index (χ1v) is 7.90. The first kappa shape index (κ1) is 12.0. The number of hydrogen-bond donors (Lipinski definition) is 0. The van der Waals surface area contributed by atoms with Crippen LogP contribution in [0.1, 0.15) is 22.6 Å². The van der Waals surface area contributed by atoms with Gasteiger partial charge in [-0.25, -0.2) is 0 Å². The van der Waals surface area contributed by atoms with E-state index in [0.29, 0.717) is 5.92 Å². The molecule has 0 radical (unpaired) electrons. The van der Waals surface area contributed by atoms with Crippen LogP contribution in [0.4, 0.5) is 0 Å². The lowest BCUT2D eigenvalue weighted by molar-refractivity contribution is 0.830. The number of hydrogen-bond acceptors (Lipinski definition) is 0. The van der Waals surface area contributed by atoms with Gasteiger partial charge < -0.3 is 0 Å². The van der Waals surface area contributed by atoms with Crippen LogP contribution in [-0.4, -0.2) is 0 Å². The molecule has 5 rings (SSSR count). The quantitative estimate of drug-likeness (QED) is 0.414. The third-order valence-corrected chi connectivity index (χ3v) is 4.98. The third kappa shape index (κ3) is 1.58. The van der Waals surface area contributed by atoms with Gasteiger partial charge in [0.2, 0.25) is 0 Å². The molecule has 0 amide bonds. The zero-order chi connectivity index (χ0) is 14.5. The average molecular weight is 280 g/mol. The minimum atomic E-state index is 0.479. The van der Waals surface area contributed by atoms with E-state index in [1.807, 2.05) is 0 Å². The minimum absolute atomic E-state index is 0.479. The van der Waals surface area contributed by atoms with Crippen molar-refractivity contribution in [1.82, 2.24) is 0 Å². The van der Waals surface area contributed by atoms with E-state index in [-0.39, 0.29) is 0 Å². The molecule has 0 nitrogen and oxygen atoms in total. The maximum Gasteiger partial charge on any atom is 0.0142 e. The first-order valence-electron chi connectivity index (χ1n) is 7.90. The summed E-state index contributed by atoms with van der Waals surface area (Å²) in [5.74, 6) is 0.479. The Morgan fingerprint density at radius 3 is 1.73 bits per heavy atom. The van der Waals surface area contributed by atoms with Crippen molar-refractivity contribution in [3.05, 3.63) is 95.6 Å². The molecule has 0 saturated carbocycles. The van der Waals surface area contributed by atoms with Crippen molar-refractivity contribution in [1.29, 1.82) is 0 Å².